The minimum Gasteiger partial charge on any atom is -0.445 e. The highest BCUT2D eigenvalue weighted by Crippen LogP contribution is 2.47. The van der Waals surface area contributed by atoms with Gasteiger partial charge in [0.1, 0.15) is 6.10 Å². The van der Waals surface area contributed by atoms with Gasteiger partial charge in [0.25, 0.3) is 0 Å². The Morgan fingerprint density at radius 2 is 2.03 bits per heavy atom. The van der Waals surface area contributed by atoms with Crippen LogP contribution in [0, 0.1) is 5.92 Å². The lowest BCUT2D eigenvalue weighted by Crippen LogP contribution is -2.10. The fourth-order valence-electron chi connectivity index (χ4n) is 3.56. The molecule has 4 aromatic rings. The van der Waals surface area contributed by atoms with Crippen molar-refractivity contribution in [3.8, 4) is 11.6 Å². The first-order valence-electron chi connectivity index (χ1n) is 10.5. The second-order valence-corrected chi connectivity index (χ2v) is 10.1. The lowest BCUT2D eigenvalue weighted by Gasteiger charge is -2.18. The van der Waals surface area contributed by atoms with Crippen LogP contribution in [-0.2, 0) is 15.6 Å². The number of rotatable bonds is 8. The summed E-state index contributed by atoms with van der Waals surface area (Å²) in [6.07, 6.45) is 1.48. The highest BCUT2D eigenvalue weighted by Gasteiger charge is 2.32. The molecule has 2 atom stereocenters. The Morgan fingerprint density at radius 1 is 1.22 bits per heavy atom. The molecule has 0 fully saturated rings. The van der Waals surface area contributed by atoms with Gasteiger partial charge in [0.2, 0.25) is 5.50 Å². The summed E-state index contributed by atoms with van der Waals surface area (Å²) in [4.78, 5) is 19.6. The number of furan rings is 1. The highest BCUT2D eigenvalue weighted by molar-refractivity contribution is 7.60. The summed E-state index contributed by atoms with van der Waals surface area (Å²) in [7, 11) is -4.23. The quantitative estimate of drug-likeness (QED) is 0.316. The minimum absolute atomic E-state index is 0.136. The third-order valence-electron chi connectivity index (χ3n) is 5.01. The van der Waals surface area contributed by atoms with Crippen molar-refractivity contribution in [1.82, 2.24) is 14.5 Å². The minimum atomic E-state index is -4.23. The van der Waals surface area contributed by atoms with E-state index in [9.17, 15) is 9.46 Å². The number of benzene rings is 1. The molecule has 4 rings (SSSR count). The van der Waals surface area contributed by atoms with Gasteiger partial charge in [0.05, 0.1) is 16.7 Å². The molecule has 168 valence electrons. The van der Waals surface area contributed by atoms with Crippen LogP contribution >= 0.6 is 19.2 Å². The molecule has 0 aliphatic carbocycles. The Labute approximate surface area is 191 Å². The molecule has 0 bridgehead atoms. The van der Waals surface area contributed by atoms with E-state index >= 15 is 0 Å². The summed E-state index contributed by atoms with van der Waals surface area (Å²) >= 11 is 6.20. The van der Waals surface area contributed by atoms with Crippen LogP contribution in [0.3, 0.4) is 0 Å². The maximum Gasteiger partial charge on any atom is 0.394 e. The monoisotopic (exact) mass is 473 g/mol. The van der Waals surface area contributed by atoms with E-state index in [0.717, 1.165) is 11.0 Å². The third kappa shape index (κ3) is 4.66. The van der Waals surface area contributed by atoms with Crippen molar-refractivity contribution in [1.29, 1.82) is 0 Å². The van der Waals surface area contributed by atoms with Gasteiger partial charge in [-0.15, -0.1) is 0 Å². The number of fused-ring (bicyclic) bond motifs is 1. The maximum atomic E-state index is 13.0. The maximum absolute atomic E-state index is 13.0. The lowest BCUT2D eigenvalue weighted by atomic mass is 10.2. The molecular formula is C23H25ClN3O4P. The van der Waals surface area contributed by atoms with E-state index in [-0.39, 0.29) is 5.50 Å². The first-order chi connectivity index (χ1) is 15.3. The van der Waals surface area contributed by atoms with Gasteiger partial charge in [-0.1, -0.05) is 38.4 Å². The largest absolute Gasteiger partial charge is 0.445 e. The first kappa shape index (κ1) is 22.7. The molecule has 0 saturated carbocycles. The Hall–Kier alpha value is -2.44. The van der Waals surface area contributed by atoms with Crippen molar-refractivity contribution in [3.63, 3.8) is 0 Å². The van der Waals surface area contributed by atoms with Crippen LogP contribution in [0.1, 0.15) is 39.0 Å². The SMILES string of the molecule is CCC(OP(=O)(O)c1ccc(-c2nc3ccc(Cl)cc3n2CC(C)C)o1)c1ccccn1. The van der Waals surface area contributed by atoms with E-state index in [1.165, 1.54) is 6.07 Å². The van der Waals surface area contributed by atoms with Crippen LogP contribution in [0.5, 0.6) is 0 Å². The van der Waals surface area contributed by atoms with E-state index in [1.54, 1.807) is 30.5 Å². The number of hydrogen-bond acceptors (Lipinski definition) is 5. The average molecular weight is 474 g/mol. The van der Waals surface area contributed by atoms with Gasteiger partial charge in [-0.3, -0.25) is 14.1 Å². The van der Waals surface area contributed by atoms with Gasteiger partial charge < -0.3 is 13.9 Å². The predicted octanol–water partition coefficient (Wildman–Crippen LogP) is 5.98. The normalized spacial score (nSPS) is 14.7. The summed E-state index contributed by atoms with van der Waals surface area (Å²) in [5.41, 5.74) is 2.10. The van der Waals surface area contributed by atoms with Gasteiger partial charge in [0.15, 0.2) is 11.6 Å². The molecule has 0 aliphatic heterocycles. The molecule has 0 saturated heterocycles. The molecule has 32 heavy (non-hydrogen) atoms. The van der Waals surface area contributed by atoms with Crippen molar-refractivity contribution in [2.75, 3.05) is 0 Å². The molecule has 2 unspecified atom stereocenters. The molecule has 1 aromatic carbocycles. The van der Waals surface area contributed by atoms with Crippen molar-refractivity contribution in [3.05, 3.63) is 65.4 Å². The van der Waals surface area contributed by atoms with E-state index in [1.807, 2.05) is 29.7 Å². The zero-order valence-electron chi connectivity index (χ0n) is 18.1. The van der Waals surface area contributed by atoms with Gasteiger partial charge in [-0.05, 0) is 54.8 Å². The second kappa shape index (κ2) is 9.20. The molecule has 0 amide bonds. The molecule has 0 aliphatic rings. The Bertz CT molecular complexity index is 1270. The first-order valence-corrected chi connectivity index (χ1v) is 12.4. The van der Waals surface area contributed by atoms with Gasteiger partial charge in [0, 0.05) is 17.8 Å². The standard InChI is InChI=1S/C23H25ClN3O4P/c1-4-20(18-7-5-6-12-25-18)31-32(28,29)22-11-10-21(30-22)23-26-17-9-8-16(24)13-19(17)27(23)14-15(2)3/h5-13,15,20H,4,14H2,1-3H3,(H,28,29). The van der Waals surface area contributed by atoms with Crippen molar-refractivity contribution in [2.45, 2.75) is 39.8 Å². The zero-order chi connectivity index (χ0) is 22.9. The lowest BCUT2D eigenvalue weighted by molar-refractivity contribution is 0.172. The number of halogens is 1. The third-order valence-corrected chi connectivity index (χ3v) is 6.58. The van der Waals surface area contributed by atoms with Crippen molar-refractivity contribution >= 4 is 35.7 Å². The van der Waals surface area contributed by atoms with Crippen LogP contribution in [0.15, 0.2) is 59.1 Å². The summed E-state index contributed by atoms with van der Waals surface area (Å²) in [5.74, 6) is 1.30. The number of pyridine rings is 1. The average Bonchev–Trinajstić information content (AvgIpc) is 3.38. The molecule has 9 heteroatoms. The fraction of sp³-hybridized carbons (Fsp3) is 0.304. The number of nitrogens with zero attached hydrogens (tertiary/aromatic N) is 3. The Balaban J connectivity index is 1.69. The van der Waals surface area contributed by atoms with Crippen LogP contribution in [-0.4, -0.2) is 19.4 Å². The second-order valence-electron chi connectivity index (χ2n) is 7.99. The van der Waals surface area contributed by atoms with Gasteiger partial charge >= 0.3 is 7.60 Å². The molecule has 0 radical (unpaired) electrons. The molecule has 3 heterocycles. The van der Waals surface area contributed by atoms with Crippen molar-refractivity contribution < 1.29 is 18.4 Å². The van der Waals surface area contributed by atoms with Crippen molar-refractivity contribution in [2.24, 2.45) is 5.92 Å². The predicted molar refractivity (Wildman–Crippen MR) is 125 cm³/mol. The van der Waals surface area contributed by atoms with Crippen LogP contribution < -0.4 is 5.50 Å². The zero-order valence-corrected chi connectivity index (χ0v) is 19.8. The van der Waals surface area contributed by atoms with E-state index in [2.05, 4.69) is 23.8 Å². The van der Waals surface area contributed by atoms with E-state index in [0.29, 0.717) is 41.2 Å². The fourth-order valence-corrected chi connectivity index (χ4v) is 4.91. The van der Waals surface area contributed by atoms with Gasteiger partial charge in [-0.2, -0.15) is 0 Å². The molecule has 0 spiro atoms. The van der Waals surface area contributed by atoms with E-state index in [4.69, 9.17) is 20.5 Å². The summed E-state index contributed by atoms with van der Waals surface area (Å²) in [6.45, 7) is 6.76. The van der Waals surface area contributed by atoms with Crippen LogP contribution in [0.2, 0.25) is 5.02 Å². The molecule has 1 N–H and O–H groups in total. The smallest absolute Gasteiger partial charge is 0.394 e. The molecular weight excluding hydrogens is 449 g/mol. The Kier molecular flexibility index (Phi) is 6.54. The highest BCUT2D eigenvalue weighted by atomic mass is 35.5. The topological polar surface area (TPSA) is 90.4 Å². The molecule has 3 aromatic heterocycles. The number of hydrogen-bond donors (Lipinski definition) is 1. The molecule has 7 nitrogen and oxygen atoms in total. The number of imidazole rings is 1. The Morgan fingerprint density at radius 3 is 2.72 bits per heavy atom. The summed E-state index contributed by atoms with van der Waals surface area (Å²) in [6, 6.07) is 14.0. The van der Waals surface area contributed by atoms with Crippen LogP contribution in [0.25, 0.3) is 22.6 Å². The summed E-state index contributed by atoms with van der Waals surface area (Å²) < 4.78 is 26.5. The summed E-state index contributed by atoms with van der Waals surface area (Å²) in [5, 5.41) is 0.613. The number of aromatic nitrogens is 3. The van der Waals surface area contributed by atoms with E-state index < -0.39 is 13.7 Å². The van der Waals surface area contributed by atoms with Crippen LogP contribution in [0.4, 0.5) is 0 Å². The van der Waals surface area contributed by atoms with Gasteiger partial charge in [-0.25, -0.2) is 4.98 Å².